The van der Waals surface area contributed by atoms with E-state index in [9.17, 15) is 4.79 Å². The van der Waals surface area contributed by atoms with Crippen molar-refractivity contribution in [2.24, 2.45) is 23.3 Å². The molecule has 0 radical (unpaired) electrons. The molecule has 6 atom stereocenters. The van der Waals surface area contributed by atoms with Crippen LogP contribution >= 0.6 is 0 Å². The maximum atomic E-state index is 12.9. The van der Waals surface area contributed by atoms with Gasteiger partial charge in [-0.05, 0) is 96.9 Å². The molecule has 4 N–H and O–H groups in total. The lowest BCUT2D eigenvalue weighted by Crippen LogP contribution is -2.52. The van der Waals surface area contributed by atoms with E-state index in [1.54, 1.807) is 0 Å². The predicted molar refractivity (Wildman–Crippen MR) is 151 cm³/mol. The van der Waals surface area contributed by atoms with E-state index in [2.05, 4.69) is 26.0 Å². The van der Waals surface area contributed by atoms with Crippen molar-refractivity contribution in [1.29, 1.82) is 0 Å². The van der Waals surface area contributed by atoms with Gasteiger partial charge < -0.3 is 20.9 Å². The monoisotopic (exact) mass is 516 g/mol. The molecule has 5 nitrogen and oxygen atoms in total. The molecule has 2 aromatic carbocycles. The molecule has 5 heteroatoms. The van der Waals surface area contributed by atoms with Gasteiger partial charge in [0.15, 0.2) is 0 Å². The number of ether oxygens (including phenoxy) is 2. The van der Waals surface area contributed by atoms with Crippen LogP contribution in [0, 0.1) is 11.8 Å². The number of rotatable bonds is 2. The maximum Gasteiger partial charge on any atom is 0.519 e. The highest BCUT2D eigenvalue weighted by atomic mass is 16.7. The van der Waals surface area contributed by atoms with Crippen LogP contribution in [0.15, 0.2) is 36.4 Å². The fourth-order valence-corrected chi connectivity index (χ4v) is 8.41. The highest BCUT2D eigenvalue weighted by Crippen LogP contribution is 2.48. The van der Waals surface area contributed by atoms with E-state index in [0.717, 1.165) is 25.7 Å². The summed E-state index contributed by atoms with van der Waals surface area (Å²) < 4.78 is 11.5. The van der Waals surface area contributed by atoms with Crippen LogP contribution in [-0.4, -0.2) is 18.2 Å². The van der Waals surface area contributed by atoms with E-state index >= 15 is 0 Å². The molecule has 4 aliphatic rings. The molecular formula is C33H44N2O3. The Hall–Kier alpha value is -2.37. The van der Waals surface area contributed by atoms with E-state index < -0.39 is 6.16 Å². The second kappa shape index (κ2) is 9.98. The number of benzene rings is 2. The van der Waals surface area contributed by atoms with Crippen molar-refractivity contribution in [2.75, 3.05) is 0 Å². The summed E-state index contributed by atoms with van der Waals surface area (Å²) in [4.78, 5) is 12.9. The molecule has 2 aromatic rings. The third kappa shape index (κ3) is 4.46. The highest BCUT2D eigenvalue weighted by Gasteiger charge is 2.45. The minimum Gasteiger partial charge on any atom is -0.395 e. The zero-order valence-corrected chi connectivity index (χ0v) is 23.1. The van der Waals surface area contributed by atoms with E-state index in [0.29, 0.717) is 23.3 Å². The second-order valence-corrected chi connectivity index (χ2v) is 13.1. The topological polar surface area (TPSA) is 87.6 Å². The lowest BCUT2D eigenvalue weighted by atomic mass is 9.60. The van der Waals surface area contributed by atoms with Crippen LogP contribution in [0.2, 0.25) is 0 Å². The molecular weight excluding hydrogens is 472 g/mol. The molecule has 38 heavy (non-hydrogen) atoms. The normalized spacial score (nSPS) is 34.4. The Kier molecular flexibility index (Phi) is 6.80. The first-order valence-electron chi connectivity index (χ1n) is 15.0. The summed E-state index contributed by atoms with van der Waals surface area (Å²) in [7, 11) is 0. The van der Waals surface area contributed by atoms with Crippen molar-refractivity contribution in [3.8, 4) is 11.5 Å². The molecule has 2 saturated carbocycles. The number of nitrogens with two attached hydrogens (primary N) is 2. The van der Waals surface area contributed by atoms with E-state index in [-0.39, 0.29) is 22.9 Å². The van der Waals surface area contributed by atoms with Crippen LogP contribution in [0.25, 0.3) is 0 Å². The van der Waals surface area contributed by atoms with Crippen molar-refractivity contribution >= 4 is 6.16 Å². The molecule has 204 valence electrons. The third-order valence-corrected chi connectivity index (χ3v) is 10.8. The first kappa shape index (κ1) is 25.9. The summed E-state index contributed by atoms with van der Waals surface area (Å²) in [6.45, 7) is 4.60. The van der Waals surface area contributed by atoms with Gasteiger partial charge in [0.25, 0.3) is 0 Å². The van der Waals surface area contributed by atoms with E-state index in [4.69, 9.17) is 20.9 Å². The highest BCUT2D eigenvalue weighted by molar-refractivity contribution is 5.68. The standard InChI is InChI=1S/C33H44N2O3/c1-32-15-7-3-5-9-23(29(32)34)17-21-11-13-25(19-27(21)32)37-31(36)38-26-14-12-22-18-24-10-6-4-8-16-33(2,30(24)35)28(22)20-26/h11-14,19-20,23-24,29-30H,3-10,15-18,34-35H2,1-2H3/t23-,24-,29-,30-,32+,33+/m0/s1. The zero-order chi connectivity index (χ0) is 26.5. The van der Waals surface area contributed by atoms with Gasteiger partial charge in [0.05, 0.1) is 0 Å². The van der Waals surface area contributed by atoms with Gasteiger partial charge in [-0.1, -0.05) is 64.5 Å². The maximum absolute atomic E-state index is 12.9. The fraction of sp³-hybridized carbons (Fsp3) is 0.606. The van der Waals surface area contributed by atoms with Gasteiger partial charge in [-0.25, -0.2) is 4.79 Å². The molecule has 0 amide bonds. The SMILES string of the molecule is C[C@@]12CCCCC[C@@H](Cc3ccc(OC(=O)Oc4ccc5c(c4)[C@@]4(C)CCCCC[C@@H](C5)[C@@H]4N)cc31)[C@@H]2N. The minimum absolute atomic E-state index is 0.0932. The number of hydrogen-bond donors (Lipinski definition) is 2. The van der Waals surface area contributed by atoms with Crippen LogP contribution < -0.4 is 20.9 Å². The molecule has 6 rings (SSSR count). The summed E-state index contributed by atoms with van der Waals surface area (Å²) in [5, 5.41) is 0. The lowest BCUT2D eigenvalue weighted by Gasteiger charge is -2.47. The van der Waals surface area contributed by atoms with E-state index in [1.807, 2.05) is 24.3 Å². The smallest absolute Gasteiger partial charge is 0.395 e. The average molecular weight is 517 g/mol. The summed E-state index contributed by atoms with van der Waals surface area (Å²) >= 11 is 0. The Morgan fingerprint density at radius 3 is 1.61 bits per heavy atom. The van der Waals surface area contributed by atoms with Gasteiger partial charge in [-0.3, -0.25) is 0 Å². The Balaban J connectivity index is 1.21. The van der Waals surface area contributed by atoms with Gasteiger partial charge >= 0.3 is 6.16 Å². The number of fused-ring (bicyclic) bond motifs is 8. The first-order valence-corrected chi connectivity index (χ1v) is 15.0. The quantitative estimate of drug-likeness (QED) is 0.342. The summed E-state index contributed by atoms with van der Waals surface area (Å²) in [5.41, 5.74) is 18.7. The minimum atomic E-state index is -0.702. The van der Waals surface area contributed by atoms with Gasteiger partial charge in [0.2, 0.25) is 0 Å². The van der Waals surface area contributed by atoms with Gasteiger partial charge in [-0.2, -0.15) is 0 Å². The molecule has 2 fully saturated rings. The van der Waals surface area contributed by atoms with Crippen LogP contribution in [0.5, 0.6) is 11.5 Å². The second-order valence-electron chi connectivity index (χ2n) is 13.1. The number of carbonyl (C=O) groups excluding carboxylic acids is 1. The van der Waals surface area contributed by atoms with Crippen molar-refractivity contribution in [3.05, 3.63) is 58.7 Å². The Bertz CT molecular complexity index is 1120. The molecule has 0 saturated heterocycles. The van der Waals surface area contributed by atoms with Gasteiger partial charge in [-0.15, -0.1) is 0 Å². The van der Waals surface area contributed by atoms with Crippen LogP contribution in [-0.2, 0) is 23.7 Å². The van der Waals surface area contributed by atoms with Crippen LogP contribution in [0.3, 0.4) is 0 Å². The van der Waals surface area contributed by atoms with E-state index in [1.165, 1.54) is 73.6 Å². The fourth-order valence-electron chi connectivity index (χ4n) is 8.41. The third-order valence-electron chi connectivity index (χ3n) is 10.8. The summed E-state index contributed by atoms with van der Waals surface area (Å²) in [6.07, 6.45) is 13.3. The van der Waals surface area contributed by atoms with Crippen LogP contribution in [0.1, 0.15) is 100 Å². The van der Waals surface area contributed by atoms with Crippen molar-refractivity contribution in [3.63, 3.8) is 0 Å². The van der Waals surface area contributed by atoms with Gasteiger partial charge in [0.1, 0.15) is 11.5 Å². The first-order chi connectivity index (χ1) is 18.3. The summed E-state index contributed by atoms with van der Waals surface area (Å²) in [5.74, 6) is 2.10. The predicted octanol–water partition coefficient (Wildman–Crippen LogP) is 6.71. The Morgan fingerprint density at radius 1 is 0.711 bits per heavy atom. The lowest BCUT2D eigenvalue weighted by molar-refractivity contribution is 0.151. The molecule has 0 heterocycles. The Labute approximate surface area is 227 Å². The van der Waals surface area contributed by atoms with Crippen molar-refractivity contribution in [2.45, 2.75) is 114 Å². The zero-order valence-electron chi connectivity index (χ0n) is 23.1. The van der Waals surface area contributed by atoms with Crippen molar-refractivity contribution < 1.29 is 14.3 Å². The largest absolute Gasteiger partial charge is 0.519 e. The Morgan fingerprint density at radius 2 is 1.16 bits per heavy atom. The number of hydrogen-bond acceptors (Lipinski definition) is 5. The molecule has 4 bridgehead atoms. The average Bonchev–Trinajstić information content (AvgIpc) is 2.89. The van der Waals surface area contributed by atoms with Crippen LogP contribution in [0.4, 0.5) is 4.79 Å². The molecule has 0 spiro atoms. The van der Waals surface area contributed by atoms with Crippen molar-refractivity contribution in [1.82, 2.24) is 0 Å². The molecule has 0 aliphatic heterocycles. The molecule has 0 aromatic heterocycles. The summed E-state index contributed by atoms with van der Waals surface area (Å²) in [6, 6.07) is 12.4. The molecule has 4 aliphatic carbocycles. The van der Waals surface area contributed by atoms with Gasteiger partial charge in [0, 0.05) is 22.9 Å². The molecule has 0 unspecified atom stereocenters. The number of carbonyl (C=O) groups is 1.